The van der Waals surface area contributed by atoms with Crippen LogP contribution in [0.25, 0.3) is 10.9 Å². The highest BCUT2D eigenvalue weighted by Crippen LogP contribution is 2.34. The van der Waals surface area contributed by atoms with Gasteiger partial charge in [-0.25, -0.2) is 4.79 Å². The van der Waals surface area contributed by atoms with Crippen LogP contribution in [0.1, 0.15) is 62.1 Å². The molecule has 2 aromatic rings. The molecule has 1 heterocycles. The van der Waals surface area contributed by atoms with E-state index < -0.39 is 5.41 Å². The van der Waals surface area contributed by atoms with Crippen molar-refractivity contribution in [2.75, 3.05) is 6.61 Å². The van der Waals surface area contributed by atoms with Gasteiger partial charge in [-0.2, -0.15) is 0 Å². The predicted octanol–water partition coefficient (Wildman–Crippen LogP) is 4.67. The van der Waals surface area contributed by atoms with Crippen molar-refractivity contribution in [2.24, 2.45) is 5.41 Å². The largest absolute Gasteiger partial charge is 0.462 e. The minimum absolute atomic E-state index is 0.0525. The van der Waals surface area contributed by atoms with Crippen LogP contribution in [-0.4, -0.2) is 23.1 Å². The van der Waals surface area contributed by atoms with Crippen molar-refractivity contribution in [3.05, 3.63) is 36.0 Å². The van der Waals surface area contributed by atoms with Gasteiger partial charge in [-0.3, -0.25) is 9.36 Å². The maximum absolute atomic E-state index is 13.2. The molecule has 0 saturated carbocycles. The molecular formula is C19H25NO3. The van der Waals surface area contributed by atoms with E-state index in [4.69, 9.17) is 4.74 Å². The van der Waals surface area contributed by atoms with Crippen LogP contribution in [0.2, 0.25) is 0 Å². The lowest BCUT2D eigenvalue weighted by Gasteiger charge is -2.29. The minimum Gasteiger partial charge on any atom is -0.462 e. The Bertz CT molecular complexity index is 702. The van der Waals surface area contributed by atoms with Crippen LogP contribution in [0.4, 0.5) is 0 Å². The van der Waals surface area contributed by atoms with Gasteiger partial charge in [0.2, 0.25) is 5.91 Å². The first-order valence-electron chi connectivity index (χ1n) is 8.36. The summed E-state index contributed by atoms with van der Waals surface area (Å²) in [7, 11) is 0. The zero-order valence-electron chi connectivity index (χ0n) is 14.4. The molecule has 0 radical (unpaired) electrons. The average Bonchev–Trinajstić information content (AvgIpc) is 2.96. The van der Waals surface area contributed by atoms with Crippen LogP contribution in [0, 0.1) is 5.41 Å². The van der Waals surface area contributed by atoms with Crippen molar-refractivity contribution in [3.63, 3.8) is 0 Å². The summed E-state index contributed by atoms with van der Waals surface area (Å²) >= 11 is 0. The standard InChI is InChI=1S/C19H25NO3/c1-5-19(6-2,7-3)18(22)20-13-15(17(21)23-8-4)14-11-9-10-12-16(14)20/h9-13H,5-8H2,1-4H3. The molecule has 0 aliphatic carbocycles. The Morgan fingerprint density at radius 2 is 1.65 bits per heavy atom. The molecule has 0 aliphatic heterocycles. The van der Waals surface area contributed by atoms with E-state index >= 15 is 0 Å². The molecule has 0 N–H and O–H groups in total. The summed E-state index contributed by atoms with van der Waals surface area (Å²) in [6.07, 6.45) is 3.97. The molecule has 0 bridgehead atoms. The number of para-hydroxylation sites is 1. The Hall–Kier alpha value is -2.10. The molecule has 124 valence electrons. The van der Waals surface area contributed by atoms with E-state index in [1.807, 2.05) is 45.0 Å². The van der Waals surface area contributed by atoms with E-state index in [9.17, 15) is 9.59 Å². The van der Waals surface area contributed by atoms with E-state index in [2.05, 4.69) is 0 Å². The molecule has 4 heteroatoms. The number of rotatable bonds is 6. The van der Waals surface area contributed by atoms with Crippen molar-refractivity contribution in [1.82, 2.24) is 4.57 Å². The van der Waals surface area contributed by atoms with Crippen molar-refractivity contribution >= 4 is 22.8 Å². The predicted molar refractivity (Wildman–Crippen MR) is 91.8 cm³/mol. The summed E-state index contributed by atoms with van der Waals surface area (Å²) in [6, 6.07) is 7.48. The fraction of sp³-hybridized carbons (Fsp3) is 0.474. The molecule has 2 rings (SSSR count). The highest BCUT2D eigenvalue weighted by atomic mass is 16.5. The third kappa shape index (κ3) is 2.90. The maximum atomic E-state index is 13.2. The van der Waals surface area contributed by atoms with Crippen LogP contribution in [0.15, 0.2) is 30.5 Å². The van der Waals surface area contributed by atoms with E-state index in [1.54, 1.807) is 17.7 Å². The molecular weight excluding hydrogens is 290 g/mol. The Morgan fingerprint density at radius 3 is 2.22 bits per heavy atom. The number of carbonyl (C=O) groups excluding carboxylic acids is 2. The van der Waals surface area contributed by atoms with Gasteiger partial charge in [-0.05, 0) is 32.3 Å². The quantitative estimate of drug-likeness (QED) is 0.727. The first-order valence-corrected chi connectivity index (χ1v) is 8.36. The summed E-state index contributed by atoms with van der Waals surface area (Å²) in [6.45, 7) is 8.22. The third-order valence-corrected chi connectivity index (χ3v) is 4.91. The van der Waals surface area contributed by atoms with Gasteiger partial charge in [0.1, 0.15) is 0 Å². The van der Waals surface area contributed by atoms with Crippen molar-refractivity contribution in [1.29, 1.82) is 0 Å². The van der Waals surface area contributed by atoms with Crippen LogP contribution in [0.5, 0.6) is 0 Å². The number of benzene rings is 1. The number of hydrogen-bond donors (Lipinski definition) is 0. The highest BCUT2D eigenvalue weighted by molar-refractivity contribution is 6.07. The normalized spacial score (nSPS) is 11.7. The van der Waals surface area contributed by atoms with E-state index in [0.717, 1.165) is 30.2 Å². The number of aromatic nitrogens is 1. The van der Waals surface area contributed by atoms with Gasteiger partial charge >= 0.3 is 5.97 Å². The Balaban J connectivity index is 2.62. The monoisotopic (exact) mass is 315 g/mol. The second kappa shape index (κ2) is 6.99. The van der Waals surface area contributed by atoms with Gasteiger partial charge in [0.05, 0.1) is 17.7 Å². The lowest BCUT2D eigenvalue weighted by molar-refractivity contribution is 0.0528. The van der Waals surface area contributed by atoms with Gasteiger partial charge in [-0.15, -0.1) is 0 Å². The molecule has 23 heavy (non-hydrogen) atoms. The Kier molecular flexibility index (Phi) is 5.24. The van der Waals surface area contributed by atoms with Crippen molar-refractivity contribution in [2.45, 2.75) is 47.0 Å². The van der Waals surface area contributed by atoms with Crippen LogP contribution in [-0.2, 0) is 4.74 Å². The fourth-order valence-corrected chi connectivity index (χ4v) is 3.18. The summed E-state index contributed by atoms with van der Waals surface area (Å²) in [5.41, 5.74) is 0.821. The van der Waals surface area contributed by atoms with Crippen molar-refractivity contribution in [3.8, 4) is 0 Å². The lowest BCUT2D eigenvalue weighted by Crippen LogP contribution is -2.33. The molecule has 1 aromatic carbocycles. The zero-order chi connectivity index (χ0) is 17.0. The molecule has 4 nitrogen and oxygen atoms in total. The zero-order valence-corrected chi connectivity index (χ0v) is 14.4. The summed E-state index contributed by atoms with van der Waals surface area (Å²) in [4.78, 5) is 25.4. The number of fused-ring (bicyclic) bond motifs is 1. The van der Waals surface area contributed by atoms with Gasteiger partial charge in [0.25, 0.3) is 0 Å². The molecule has 0 unspecified atom stereocenters. The highest BCUT2D eigenvalue weighted by Gasteiger charge is 2.35. The van der Waals surface area contributed by atoms with Gasteiger partial charge < -0.3 is 4.74 Å². The molecule has 0 atom stereocenters. The SMILES string of the molecule is CCOC(=O)c1cn(C(=O)C(CC)(CC)CC)c2ccccc12. The number of nitrogens with zero attached hydrogens (tertiary/aromatic N) is 1. The van der Waals surface area contributed by atoms with Crippen LogP contribution >= 0.6 is 0 Å². The minimum atomic E-state index is -0.395. The third-order valence-electron chi connectivity index (χ3n) is 4.91. The second-order valence-corrected chi connectivity index (χ2v) is 5.80. The van der Waals surface area contributed by atoms with E-state index in [1.165, 1.54) is 0 Å². The van der Waals surface area contributed by atoms with Crippen molar-refractivity contribution < 1.29 is 14.3 Å². The van der Waals surface area contributed by atoms with Crippen LogP contribution in [0.3, 0.4) is 0 Å². The lowest BCUT2D eigenvalue weighted by atomic mass is 9.79. The molecule has 0 saturated heterocycles. The summed E-state index contributed by atoms with van der Waals surface area (Å²) in [5, 5.41) is 0.761. The Morgan fingerprint density at radius 1 is 1.04 bits per heavy atom. The number of hydrogen-bond acceptors (Lipinski definition) is 3. The summed E-state index contributed by atoms with van der Waals surface area (Å²) < 4.78 is 6.77. The smallest absolute Gasteiger partial charge is 0.340 e. The fourth-order valence-electron chi connectivity index (χ4n) is 3.18. The summed E-state index contributed by atoms with van der Waals surface area (Å²) in [5.74, 6) is -0.331. The molecule has 1 aromatic heterocycles. The number of carbonyl (C=O) groups is 2. The molecule has 0 amide bonds. The maximum Gasteiger partial charge on any atom is 0.340 e. The molecule has 0 fully saturated rings. The van der Waals surface area contributed by atoms with Gasteiger partial charge in [0.15, 0.2) is 0 Å². The average molecular weight is 315 g/mol. The first-order chi connectivity index (χ1) is 11.0. The molecule has 0 spiro atoms. The second-order valence-electron chi connectivity index (χ2n) is 5.80. The van der Waals surface area contributed by atoms with E-state index in [-0.39, 0.29) is 11.9 Å². The Labute approximate surface area is 137 Å². The van der Waals surface area contributed by atoms with Crippen LogP contribution < -0.4 is 0 Å². The van der Waals surface area contributed by atoms with E-state index in [0.29, 0.717) is 12.2 Å². The molecule has 0 aliphatic rings. The van der Waals surface area contributed by atoms with Gasteiger partial charge in [0, 0.05) is 17.0 Å². The number of ether oxygens (including phenoxy) is 1. The number of esters is 1. The first kappa shape index (κ1) is 17.3. The van der Waals surface area contributed by atoms with Gasteiger partial charge in [-0.1, -0.05) is 39.0 Å². The topological polar surface area (TPSA) is 48.3 Å².